The Hall–Kier alpha value is -2.79. The second-order valence-corrected chi connectivity index (χ2v) is 10.2. The number of fused-ring (bicyclic) bond motifs is 1. The number of nitrogens with zero attached hydrogens (tertiary/aromatic N) is 3. The first-order valence-corrected chi connectivity index (χ1v) is 12.5. The lowest BCUT2D eigenvalue weighted by Crippen LogP contribution is -2.34. The van der Waals surface area contributed by atoms with Crippen molar-refractivity contribution in [1.82, 2.24) is 15.1 Å². The summed E-state index contributed by atoms with van der Waals surface area (Å²) < 4.78 is 5.38. The third kappa shape index (κ3) is 5.41. The number of esters is 1. The maximum Gasteiger partial charge on any atom is 0.337 e. The van der Waals surface area contributed by atoms with Crippen LogP contribution in [0.4, 0.5) is 5.13 Å². The molecule has 0 spiro atoms. The molecule has 11 heteroatoms. The summed E-state index contributed by atoms with van der Waals surface area (Å²) in [5, 5.41) is 11.1. The quantitative estimate of drug-likeness (QED) is 0.261. The number of thioether (sulfide) groups is 1. The number of carbonyl (C=O) groups is 4. The predicted molar refractivity (Wildman–Crippen MR) is 123 cm³/mol. The maximum absolute atomic E-state index is 12.5. The van der Waals surface area contributed by atoms with Crippen LogP contribution >= 0.6 is 23.1 Å². The molecule has 1 aromatic carbocycles. The molecule has 9 nitrogen and oxygen atoms in total. The van der Waals surface area contributed by atoms with Crippen molar-refractivity contribution >= 4 is 51.9 Å². The van der Waals surface area contributed by atoms with Crippen molar-refractivity contribution in [2.45, 2.75) is 42.2 Å². The molecule has 1 N–H and O–H groups in total. The van der Waals surface area contributed by atoms with Crippen LogP contribution in [0.25, 0.3) is 0 Å². The first kappa shape index (κ1) is 23.4. The molecule has 3 amide bonds. The highest BCUT2D eigenvalue weighted by molar-refractivity contribution is 8.00. The van der Waals surface area contributed by atoms with E-state index >= 15 is 0 Å². The number of hydrogen-bond donors (Lipinski definition) is 1. The second-order valence-electron chi connectivity index (χ2n) is 7.97. The van der Waals surface area contributed by atoms with Crippen LogP contribution in [-0.2, 0) is 24.9 Å². The number of ether oxygens (including phenoxy) is 1. The molecule has 0 bridgehead atoms. The smallest absolute Gasteiger partial charge is 0.337 e. The third-order valence-corrected chi connectivity index (χ3v) is 7.93. The number of aromatic nitrogens is 2. The van der Waals surface area contributed by atoms with E-state index in [1.54, 1.807) is 12.1 Å². The van der Waals surface area contributed by atoms with Gasteiger partial charge in [-0.05, 0) is 30.5 Å². The van der Waals surface area contributed by atoms with Gasteiger partial charge in [-0.3, -0.25) is 19.3 Å². The molecular formula is C22H24N4O5S2. The molecule has 1 aliphatic heterocycles. The van der Waals surface area contributed by atoms with Gasteiger partial charge in [0, 0.05) is 18.7 Å². The molecule has 1 aliphatic carbocycles. The van der Waals surface area contributed by atoms with Crippen molar-refractivity contribution in [3.63, 3.8) is 0 Å². The predicted octanol–water partition coefficient (Wildman–Crippen LogP) is 3.12. The molecule has 4 rings (SSSR count). The minimum absolute atomic E-state index is 0.0333. The molecule has 2 aliphatic rings. The summed E-state index contributed by atoms with van der Waals surface area (Å²) in [6, 6.07) is 7.11. The first-order valence-electron chi connectivity index (χ1n) is 10.7. The molecular weight excluding hydrogens is 464 g/mol. The lowest BCUT2D eigenvalue weighted by Gasteiger charge is -2.19. The number of anilines is 1. The van der Waals surface area contributed by atoms with Crippen molar-refractivity contribution in [3.05, 3.63) is 35.4 Å². The summed E-state index contributed by atoms with van der Waals surface area (Å²) in [5.41, 5.74) is 1.50. The van der Waals surface area contributed by atoms with Crippen molar-refractivity contribution in [3.8, 4) is 0 Å². The summed E-state index contributed by atoms with van der Waals surface area (Å²) in [5.74, 6) is -0.723. The van der Waals surface area contributed by atoms with E-state index in [0.29, 0.717) is 20.8 Å². The first-order chi connectivity index (χ1) is 16.0. The fourth-order valence-electron chi connectivity index (χ4n) is 4.17. The van der Waals surface area contributed by atoms with E-state index in [1.807, 2.05) is 12.1 Å². The van der Waals surface area contributed by atoms with Gasteiger partial charge >= 0.3 is 5.97 Å². The second kappa shape index (κ2) is 10.4. The fraction of sp³-hybridized carbons (Fsp3) is 0.455. The van der Waals surface area contributed by atoms with Crippen molar-refractivity contribution in [2.24, 2.45) is 11.8 Å². The van der Waals surface area contributed by atoms with Crippen molar-refractivity contribution in [2.75, 3.05) is 19.0 Å². The topological polar surface area (TPSA) is 119 Å². The number of imide groups is 1. The summed E-state index contributed by atoms with van der Waals surface area (Å²) in [6.45, 7) is 0.0957. The zero-order valence-electron chi connectivity index (χ0n) is 18.1. The lowest BCUT2D eigenvalue weighted by molar-refractivity contribution is -0.140. The molecule has 0 radical (unpaired) electrons. The lowest BCUT2D eigenvalue weighted by atomic mass is 9.81. The average molecular weight is 489 g/mol. The molecule has 2 heterocycles. The Morgan fingerprint density at radius 2 is 1.79 bits per heavy atom. The van der Waals surface area contributed by atoms with Crippen LogP contribution in [0.15, 0.2) is 28.6 Å². The van der Waals surface area contributed by atoms with Gasteiger partial charge < -0.3 is 10.1 Å². The van der Waals surface area contributed by atoms with Crippen LogP contribution in [0.2, 0.25) is 0 Å². The van der Waals surface area contributed by atoms with Crippen molar-refractivity contribution in [1.29, 1.82) is 0 Å². The Morgan fingerprint density at radius 1 is 1.12 bits per heavy atom. The molecule has 33 heavy (non-hydrogen) atoms. The Kier molecular flexibility index (Phi) is 7.39. The van der Waals surface area contributed by atoms with Crippen LogP contribution in [0.5, 0.6) is 0 Å². The SMILES string of the molecule is COC(=O)c1ccc(CSc2nnc(NC(=O)CCN3C(=O)[C@H]4CCCC[C@H]4C3=O)s2)cc1. The summed E-state index contributed by atoms with van der Waals surface area (Å²) in [4.78, 5) is 50.1. The van der Waals surface area contributed by atoms with Crippen LogP contribution in [-0.4, -0.2) is 52.4 Å². The van der Waals surface area contributed by atoms with E-state index < -0.39 is 0 Å². The third-order valence-electron chi connectivity index (χ3n) is 5.89. The normalized spacial score (nSPS) is 20.0. The van der Waals surface area contributed by atoms with E-state index in [9.17, 15) is 19.2 Å². The summed E-state index contributed by atoms with van der Waals surface area (Å²) in [7, 11) is 1.34. The molecule has 1 saturated carbocycles. The van der Waals surface area contributed by atoms with Crippen LogP contribution in [0.3, 0.4) is 0 Å². The zero-order valence-corrected chi connectivity index (χ0v) is 19.7. The van der Waals surface area contributed by atoms with Gasteiger partial charge in [-0.15, -0.1) is 10.2 Å². The van der Waals surface area contributed by atoms with Crippen LogP contribution in [0.1, 0.15) is 48.0 Å². The highest BCUT2D eigenvalue weighted by atomic mass is 32.2. The molecule has 2 atom stereocenters. The Balaban J connectivity index is 1.24. The molecule has 2 aromatic rings. The number of methoxy groups -OCH3 is 1. The van der Waals surface area contributed by atoms with Gasteiger partial charge in [-0.25, -0.2) is 4.79 Å². The van der Waals surface area contributed by atoms with Gasteiger partial charge in [-0.1, -0.05) is 48.1 Å². The minimum atomic E-state index is -0.379. The molecule has 1 saturated heterocycles. The highest BCUT2D eigenvalue weighted by Crippen LogP contribution is 2.38. The van der Waals surface area contributed by atoms with E-state index in [-0.39, 0.29) is 48.5 Å². The number of carbonyl (C=O) groups excluding carboxylic acids is 4. The number of rotatable bonds is 8. The fourth-order valence-corrected chi connectivity index (χ4v) is 5.89. The molecule has 1 aromatic heterocycles. The number of benzene rings is 1. The Labute approximate surface area is 199 Å². The highest BCUT2D eigenvalue weighted by Gasteiger charge is 2.47. The van der Waals surface area contributed by atoms with Gasteiger partial charge in [0.1, 0.15) is 0 Å². The largest absolute Gasteiger partial charge is 0.465 e. The summed E-state index contributed by atoms with van der Waals surface area (Å²) in [6.07, 6.45) is 3.51. The van der Waals surface area contributed by atoms with E-state index in [0.717, 1.165) is 31.2 Å². The molecule has 2 fully saturated rings. The van der Waals surface area contributed by atoms with Crippen LogP contribution < -0.4 is 5.32 Å². The Morgan fingerprint density at radius 3 is 2.42 bits per heavy atom. The van der Waals surface area contributed by atoms with E-state index in [4.69, 9.17) is 0 Å². The van der Waals surface area contributed by atoms with Crippen LogP contribution in [0, 0.1) is 11.8 Å². The Bertz CT molecular complexity index is 1030. The number of nitrogens with one attached hydrogen (secondary N) is 1. The molecule has 0 unspecified atom stereocenters. The number of likely N-dealkylation sites (tertiary alicyclic amines) is 1. The zero-order chi connectivity index (χ0) is 23.4. The van der Waals surface area contributed by atoms with Gasteiger partial charge in [0.15, 0.2) is 4.34 Å². The molecule has 174 valence electrons. The van der Waals surface area contributed by atoms with Gasteiger partial charge in [0.25, 0.3) is 0 Å². The number of hydrogen-bond acceptors (Lipinski definition) is 9. The van der Waals surface area contributed by atoms with Gasteiger partial charge in [0.2, 0.25) is 22.9 Å². The minimum Gasteiger partial charge on any atom is -0.465 e. The van der Waals surface area contributed by atoms with Gasteiger partial charge in [-0.2, -0.15) is 0 Å². The monoisotopic (exact) mass is 488 g/mol. The van der Waals surface area contributed by atoms with Crippen molar-refractivity contribution < 1.29 is 23.9 Å². The van der Waals surface area contributed by atoms with E-state index in [1.165, 1.54) is 35.1 Å². The van der Waals surface area contributed by atoms with Gasteiger partial charge in [0.05, 0.1) is 24.5 Å². The summed E-state index contributed by atoms with van der Waals surface area (Å²) >= 11 is 2.72. The maximum atomic E-state index is 12.5. The average Bonchev–Trinajstić information content (AvgIpc) is 3.38. The number of amides is 3. The standard InChI is InChI=1S/C22H24N4O5S2/c1-31-20(30)14-8-6-13(7-9-14)12-32-22-25-24-21(33-22)23-17(27)10-11-26-18(28)15-4-2-3-5-16(15)19(26)29/h6-9,15-16H,2-5,10-12H2,1H3,(H,23,24,27)/t15-,16+. The van der Waals surface area contributed by atoms with E-state index in [2.05, 4.69) is 20.3 Å².